The van der Waals surface area contributed by atoms with Gasteiger partial charge in [-0.05, 0) is 12.1 Å². The van der Waals surface area contributed by atoms with E-state index in [4.69, 9.17) is 0 Å². The summed E-state index contributed by atoms with van der Waals surface area (Å²) in [6, 6.07) is 10.2. The lowest BCUT2D eigenvalue weighted by molar-refractivity contribution is 0.197. The van der Waals surface area contributed by atoms with Crippen molar-refractivity contribution in [1.82, 2.24) is 14.8 Å². The monoisotopic (exact) mass is 270 g/mol. The maximum atomic E-state index is 12.0. The van der Waals surface area contributed by atoms with Gasteiger partial charge in [0.2, 0.25) is 0 Å². The quantitative estimate of drug-likeness (QED) is 0.929. The summed E-state index contributed by atoms with van der Waals surface area (Å²) in [4.78, 5) is 20.2. The molecule has 0 atom stereocenters. The summed E-state index contributed by atoms with van der Waals surface area (Å²) in [7, 11) is 3.69. The Morgan fingerprint density at radius 3 is 2.80 bits per heavy atom. The van der Waals surface area contributed by atoms with E-state index in [1.54, 1.807) is 4.90 Å². The smallest absolute Gasteiger partial charge is 0.320 e. The van der Waals surface area contributed by atoms with Gasteiger partial charge in [0.15, 0.2) is 0 Å². The molecule has 1 aromatic heterocycles. The molecule has 5 heteroatoms. The van der Waals surface area contributed by atoms with Crippen molar-refractivity contribution in [3.63, 3.8) is 0 Å². The minimum atomic E-state index is 0.0835. The molecular weight excluding hydrogens is 252 g/mol. The highest BCUT2D eigenvalue weighted by Gasteiger charge is 2.26. The van der Waals surface area contributed by atoms with E-state index in [-0.39, 0.29) is 6.03 Å². The zero-order valence-electron chi connectivity index (χ0n) is 11.8. The van der Waals surface area contributed by atoms with Crippen LogP contribution in [0.15, 0.2) is 30.3 Å². The maximum absolute atomic E-state index is 12.0. The Kier molecular flexibility index (Phi) is 3.18. The van der Waals surface area contributed by atoms with E-state index in [0.29, 0.717) is 6.54 Å². The Labute approximate surface area is 118 Å². The number of carbonyl (C=O) groups excluding carboxylic acids is 1. The number of amides is 2. The molecule has 2 heterocycles. The van der Waals surface area contributed by atoms with Crippen molar-refractivity contribution < 1.29 is 4.79 Å². The summed E-state index contributed by atoms with van der Waals surface area (Å²) < 4.78 is 0. The number of anilines is 1. The predicted octanol–water partition coefficient (Wildman–Crippen LogP) is 2.14. The predicted molar refractivity (Wildman–Crippen MR) is 79.7 cm³/mol. The van der Waals surface area contributed by atoms with E-state index < -0.39 is 0 Å². The molecule has 2 aromatic rings. The first-order valence-electron chi connectivity index (χ1n) is 6.75. The number of aromatic nitrogens is 1. The normalized spacial score (nSPS) is 15.2. The Morgan fingerprint density at radius 1 is 1.30 bits per heavy atom. The van der Waals surface area contributed by atoms with Crippen LogP contribution >= 0.6 is 0 Å². The van der Waals surface area contributed by atoms with Crippen molar-refractivity contribution in [1.29, 1.82) is 0 Å². The molecule has 104 valence electrons. The van der Waals surface area contributed by atoms with Crippen LogP contribution in [-0.4, -0.2) is 48.0 Å². The van der Waals surface area contributed by atoms with Crippen LogP contribution in [0, 0.1) is 0 Å². The molecule has 1 fully saturated rings. The van der Waals surface area contributed by atoms with Crippen LogP contribution in [-0.2, 0) is 6.54 Å². The van der Waals surface area contributed by atoms with Gasteiger partial charge >= 0.3 is 6.03 Å². The fourth-order valence-electron chi connectivity index (χ4n) is 2.55. The largest absolute Gasteiger partial charge is 0.373 e. The van der Waals surface area contributed by atoms with Crippen molar-refractivity contribution >= 4 is 22.8 Å². The third kappa shape index (κ3) is 2.15. The van der Waals surface area contributed by atoms with Crippen LogP contribution in [0.3, 0.4) is 0 Å². The standard InChI is InChI=1S/C15H18N4O/c1-16-14-12(10-19-8-7-18(2)15(19)20)9-11-5-3-4-6-13(11)17-14/h3-6,9H,7-8,10H2,1-2H3,(H,16,17). The lowest BCUT2D eigenvalue weighted by Crippen LogP contribution is -2.29. The van der Waals surface area contributed by atoms with Crippen LogP contribution in [0.4, 0.5) is 10.6 Å². The second-order valence-corrected chi connectivity index (χ2v) is 5.06. The molecule has 1 N–H and O–H groups in total. The third-order valence-corrected chi connectivity index (χ3v) is 3.70. The van der Waals surface area contributed by atoms with E-state index in [9.17, 15) is 4.79 Å². The zero-order valence-corrected chi connectivity index (χ0v) is 11.8. The second-order valence-electron chi connectivity index (χ2n) is 5.06. The molecule has 20 heavy (non-hydrogen) atoms. The molecule has 5 nitrogen and oxygen atoms in total. The summed E-state index contributed by atoms with van der Waals surface area (Å²) >= 11 is 0. The number of pyridine rings is 1. The molecule has 2 amide bonds. The Balaban J connectivity index is 1.96. The Hall–Kier alpha value is -2.30. The number of hydrogen-bond acceptors (Lipinski definition) is 3. The lowest BCUT2D eigenvalue weighted by Gasteiger charge is -2.18. The Bertz CT molecular complexity index is 655. The van der Waals surface area contributed by atoms with Crippen molar-refractivity contribution in [2.24, 2.45) is 0 Å². The fourth-order valence-corrected chi connectivity index (χ4v) is 2.55. The third-order valence-electron chi connectivity index (χ3n) is 3.70. The van der Waals surface area contributed by atoms with Gasteiger partial charge < -0.3 is 15.1 Å². The highest BCUT2D eigenvalue weighted by molar-refractivity contribution is 5.82. The first-order valence-corrected chi connectivity index (χ1v) is 6.75. The van der Waals surface area contributed by atoms with Crippen molar-refractivity contribution in [2.45, 2.75) is 6.54 Å². The highest BCUT2D eigenvalue weighted by atomic mass is 16.2. The van der Waals surface area contributed by atoms with E-state index >= 15 is 0 Å². The van der Waals surface area contributed by atoms with Gasteiger partial charge in [-0.25, -0.2) is 9.78 Å². The number of urea groups is 1. The van der Waals surface area contributed by atoms with Gasteiger partial charge in [-0.1, -0.05) is 18.2 Å². The number of para-hydroxylation sites is 1. The van der Waals surface area contributed by atoms with Crippen molar-refractivity contribution in [3.05, 3.63) is 35.9 Å². The first kappa shape index (κ1) is 12.7. The summed E-state index contributed by atoms with van der Waals surface area (Å²) in [6.45, 7) is 2.15. The highest BCUT2D eigenvalue weighted by Crippen LogP contribution is 2.22. The van der Waals surface area contributed by atoms with Crippen LogP contribution < -0.4 is 5.32 Å². The van der Waals surface area contributed by atoms with E-state index in [2.05, 4.69) is 16.4 Å². The average Bonchev–Trinajstić information content (AvgIpc) is 2.78. The Morgan fingerprint density at radius 2 is 2.10 bits per heavy atom. The van der Waals surface area contributed by atoms with Gasteiger partial charge in [-0.3, -0.25) is 0 Å². The number of rotatable bonds is 3. The molecule has 0 bridgehead atoms. The van der Waals surface area contributed by atoms with Crippen LogP contribution in [0.5, 0.6) is 0 Å². The topological polar surface area (TPSA) is 48.5 Å². The van der Waals surface area contributed by atoms with Crippen LogP contribution in [0.1, 0.15) is 5.56 Å². The van der Waals surface area contributed by atoms with Gasteiger partial charge in [-0.2, -0.15) is 0 Å². The van der Waals surface area contributed by atoms with E-state index in [1.807, 2.05) is 43.3 Å². The summed E-state index contributed by atoms with van der Waals surface area (Å²) in [5.74, 6) is 0.839. The fraction of sp³-hybridized carbons (Fsp3) is 0.333. The average molecular weight is 270 g/mol. The van der Waals surface area contributed by atoms with Gasteiger partial charge in [0, 0.05) is 38.1 Å². The summed E-state index contributed by atoms with van der Waals surface area (Å²) in [5, 5.41) is 4.22. The van der Waals surface area contributed by atoms with E-state index in [0.717, 1.165) is 35.4 Å². The summed E-state index contributed by atoms with van der Waals surface area (Å²) in [6.07, 6.45) is 0. The molecule has 0 unspecified atom stereocenters. The van der Waals surface area contributed by atoms with Gasteiger partial charge in [0.05, 0.1) is 12.1 Å². The number of fused-ring (bicyclic) bond motifs is 1. The van der Waals surface area contributed by atoms with Crippen LogP contribution in [0.2, 0.25) is 0 Å². The number of carbonyl (C=O) groups is 1. The molecule has 3 rings (SSSR count). The van der Waals surface area contributed by atoms with Gasteiger partial charge in [0.25, 0.3) is 0 Å². The van der Waals surface area contributed by atoms with Gasteiger partial charge in [-0.15, -0.1) is 0 Å². The lowest BCUT2D eigenvalue weighted by atomic mass is 10.1. The molecule has 1 aromatic carbocycles. The first-order chi connectivity index (χ1) is 9.69. The molecule has 1 saturated heterocycles. The van der Waals surface area contributed by atoms with Crippen molar-refractivity contribution in [2.75, 3.05) is 32.5 Å². The minimum Gasteiger partial charge on any atom is -0.373 e. The van der Waals surface area contributed by atoms with Gasteiger partial charge in [0.1, 0.15) is 5.82 Å². The molecule has 0 spiro atoms. The SMILES string of the molecule is CNc1nc2ccccc2cc1CN1CCN(C)C1=O. The molecule has 1 aliphatic rings. The molecule has 0 radical (unpaired) electrons. The maximum Gasteiger partial charge on any atom is 0.320 e. The van der Waals surface area contributed by atoms with Crippen molar-refractivity contribution in [3.8, 4) is 0 Å². The number of hydrogen-bond donors (Lipinski definition) is 1. The number of likely N-dealkylation sites (N-methyl/N-ethyl adjacent to an activating group) is 1. The zero-order chi connectivity index (χ0) is 14.1. The van der Waals surface area contributed by atoms with Crippen LogP contribution in [0.25, 0.3) is 10.9 Å². The molecule has 0 aliphatic carbocycles. The summed E-state index contributed by atoms with van der Waals surface area (Å²) in [5.41, 5.74) is 2.01. The number of nitrogens with one attached hydrogen (secondary N) is 1. The second kappa shape index (κ2) is 5.00. The molecular formula is C15H18N4O. The van der Waals surface area contributed by atoms with E-state index in [1.165, 1.54) is 0 Å². The number of nitrogens with zero attached hydrogens (tertiary/aromatic N) is 3. The minimum absolute atomic E-state index is 0.0835. The molecule has 1 aliphatic heterocycles. The molecule has 0 saturated carbocycles. The number of benzene rings is 1.